The molecule has 0 saturated carbocycles. The number of aliphatic carboxylic acids is 1. The van der Waals surface area contributed by atoms with E-state index in [9.17, 15) is 18.8 Å². The van der Waals surface area contributed by atoms with Gasteiger partial charge < -0.3 is 5.11 Å². The summed E-state index contributed by atoms with van der Waals surface area (Å²) >= 11 is 0. The van der Waals surface area contributed by atoms with Crippen LogP contribution in [0.15, 0.2) is 12.2 Å². The van der Waals surface area contributed by atoms with Crippen molar-refractivity contribution in [1.29, 1.82) is 0 Å². The van der Waals surface area contributed by atoms with E-state index in [4.69, 9.17) is 5.11 Å². The molecule has 1 rings (SSSR count). The van der Waals surface area contributed by atoms with Crippen LogP contribution in [-0.4, -0.2) is 40.5 Å². The topological polar surface area (TPSA) is 74.7 Å². The van der Waals surface area contributed by atoms with Crippen LogP contribution in [0.5, 0.6) is 0 Å². The Morgan fingerprint density at radius 1 is 1.46 bits per heavy atom. The Balaban J connectivity index is 2.60. The van der Waals surface area contributed by atoms with Crippen LogP contribution in [0.3, 0.4) is 0 Å². The fourth-order valence-electron chi connectivity index (χ4n) is 0.849. The fourth-order valence-corrected chi connectivity index (χ4v) is 0.849. The van der Waals surface area contributed by atoms with Gasteiger partial charge in [0.1, 0.15) is 0 Å². The first kappa shape index (κ1) is 9.37. The third kappa shape index (κ3) is 1.90. The summed E-state index contributed by atoms with van der Waals surface area (Å²) in [5.74, 6) is -3.06. The summed E-state index contributed by atoms with van der Waals surface area (Å²) in [7, 11) is 0. The smallest absolute Gasteiger partial charge is 0.340 e. The van der Waals surface area contributed by atoms with Crippen LogP contribution < -0.4 is 0 Å². The normalized spacial score (nSPS) is 18.1. The highest BCUT2D eigenvalue weighted by Crippen LogP contribution is 2.06. The third-order valence-electron chi connectivity index (χ3n) is 1.51. The second-order valence-electron chi connectivity index (χ2n) is 2.43. The molecular weight excluding hydrogens is 181 g/mol. The highest BCUT2D eigenvalue weighted by Gasteiger charge is 2.29. The lowest BCUT2D eigenvalue weighted by molar-refractivity contribution is -0.145. The number of carbonyl (C=O) groups excluding carboxylic acids is 2. The number of nitrogens with zero attached hydrogens (tertiary/aromatic N) is 1. The highest BCUT2D eigenvalue weighted by molar-refractivity contribution is 6.13. The van der Waals surface area contributed by atoms with E-state index in [-0.39, 0.29) is 0 Å². The van der Waals surface area contributed by atoms with E-state index in [0.29, 0.717) is 4.90 Å². The number of alkyl halides is 1. The maximum absolute atomic E-state index is 12.6. The molecule has 1 unspecified atom stereocenters. The van der Waals surface area contributed by atoms with Crippen molar-refractivity contribution in [2.45, 2.75) is 6.17 Å². The molecule has 0 aliphatic carbocycles. The second kappa shape index (κ2) is 3.34. The first-order chi connectivity index (χ1) is 6.02. The molecule has 70 valence electrons. The number of hydrogen-bond donors (Lipinski definition) is 1. The van der Waals surface area contributed by atoms with Gasteiger partial charge in [-0.25, -0.2) is 9.18 Å². The molecule has 13 heavy (non-hydrogen) atoms. The Morgan fingerprint density at radius 3 is 2.31 bits per heavy atom. The van der Waals surface area contributed by atoms with Crippen LogP contribution in [0.4, 0.5) is 4.39 Å². The van der Waals surface area contributed by atoms with E-state index >= 15 is 0 Å². The molecule has 1 aliphatic heterocycles. The highest BCUT2D eigenvalue weighted by atomic mass is 19.1. The summed E-state index contributed by atoms with van der Waals surface area (Å²) in [6, 6.07) is 0. The van der Waals surface area contributed by atoms with Gasteiger partial charge in [-0.15, -0.1) is 0 Å². The molecule has 1 aliphatic rings. The minimum Gasteiger partial charge on any atom is -0.479 e. The molecule has 0 aromatic rings. The van der Waals surface area contributed by atoms with Crippen LogP contribution in [0.25, 0.3) is 0 Å². The largest absolute Gasteiger partial charge is 0.479 e. The van der Waals surface area contributed by atoms with E-state index in [1.54, 1.807) is 0 Å². The van der Waals surface area contributed by atoms with E-state index in [2.05, 4.69) is 0 Å². The van der Waals surface area contributed by atoms with Crippen molar-refractivity contribution in [2.24, 2.45) is 0 Å². The molecule has 0 saturated heterocycles. The van der Waals surface area contributed by atoms with E-state index in [1.165, 1.54) is 0 Å². The number of carboxylic acid groups (broad SMARTS) is 1. The maximum atomic E-state index is 12.6. The summed E-state index contributed by atoms with van der Waals surface area (Å²) in [5, 5.41) is 8.17. The average molecular weight is 187 g/mol. The lowest BCUT2D eigenvalue weighted by Gasteiger charge is -2.13. The van der Waals surface area contributed by atoms with Gasteiger partial charge in [-0.3, -0.25) is 14.5 Å². The summed E-state index contributed by atoms with van der Waals surface area (Å²) < 4.78 is 12.6. The van der Waals surface area contributed by atoms with E-state index in [1.807, 2.05) is 0 Å². The fraction of sp³-hybridized carbons (Fsp3) is 0.286. The van der Waals surface area contributed by atoms with Gasteiger partial charge in [-0.2, -0.15) is 0 Å². The summed E-state index contributed by atoms with van der Waals surface area (Å²) in [4.78, 5) is 32.2. The first-order valence-corrected chi connectivity index (χ1v) is 3.43. The lowest BCUT2D eigenvalue weighted by atomic mass is 10.3. The number of hydrogen-bond acceptors (Lipinski definition) is 3. The number of imide groups is 1. The number of carboxylic acids is 1. The molecule has 0 fully saturated rings. The Kier molecular flexibility index (Phi) is 2.41. The molecule has 0 bridgehead atoms. The second-order valence-corrected chi connectivity index (χ2v) is 2.43. The SMILES string of the molecule is O=C(O)C(F)CN1C(=O)C=CC1=O. The van der Waals surface area contributed by atoms with Crippen molar-refractivity contribution in [2.75, 3.05) is 6.54 Å². The summed E-state index contributed by atoms with van der Waals surface area (Å²) in [5.41, 5.74) is 0. The molecule has 0 aromatic heterocycles. The third-order valence-corrected chi connectivity index (χ3v) is 1.51. The molecule has 6 heteroatoms. The summed E-state index contributed by atoms with van der Waals surface area (Å²) in [6.45, 7) is -0.736. The lowest BCUT2D eigenvalue weighted by Crippen LogP contribution is -2.38. The monoisotopic (exact) mass is 187 g/mol. The number of rotatable bonds is 3. The zero-order chi connectivity index (χ0) is 10.0. The van der Waals surface area contributed by atoms with Crippen LogP contribution >= 0.6 is 0 Å². The molecule has 1 atom stereocenters. The van der Waals surface area contributed by atoms with Crippen LogP contribution in [0.2, 0.25) is 0 Å². The van der Waals surface area contributed by atoms with Gasteiger partial charge in [0.2, 0.25) is 6.17 Å². The Bertz CT molecular complexity index is 281. The predicted molar refractivity (Wildman–Crippen MR) is 38.4 cm³/mol. The van der Waals surface area contributed by atoms with Gasteiger partial charge in [0.15, 0.2) is 0 Å². The molecule has 0 radical (unpaired) electrons. The predicted octanol–water partition coefficient (Wildman–Crippen LogP) is -0.666. The molecule has 5 nitrogen and oxygen atoms in total. The Hall–Kier alpha value is -1.72. The van der Waals surface area contributed by atoms with Gasteiger partial charge in [0.25, 0.3) is 11.8 Å². The maximum Gasteiger partial charge on any atom is 0.340 e. The molecule has 1 heterocycles. The van der Waals surface area contributed by atoms with Gasteiger partial charge in [0, 0.05) is 12.2 Å². The Labute approximate surface area is 72.4 Å². The van der Waals surface area contributed by atoms with Gasteiger partial charge in [0.05, 0.1) is 6.54 Å². The minimum atomic E-state index is -2.23. The molecule has 1 N–H and O–H groups in total. The first-order valence-electron chi connectivity index (χ1n) is 3.43. The van der Waals surface area contributed by atoms with Crippen molar-refractivity contribution in [1.82, 2.24) is 4.90 Å². The number of halogens is 1. The summed E-state index contributed by atoms with van der Waals surface area (Å²) in [6.07, 6.45) is -0.291. The quantitative estimate of drug-likeness (QED) is 0.595. The van der Waals surface area contributed by atoms with Gasteiger partial charge >= 0.3 is 5.97 Å². The van der Waals surface area contributed by atoms with Crippen LogP contribution in [-0.2, 0) is 14.4 Å². The van der Waals surface area contributed by atoms with Crippen molar-refractivity contribution < 1.29 is 23.9 Å². The van der Waals surface area contributed by atoms with Crippen molar-refractivity contribution >= 4 is 17.8 Å². The molecule has 0 spiro atoms. The van der Waals surface area contributed by atoms with Crippen LogP contribution in [0.1, 0.15) is 0 Å². The standard InChI is InChI=1S/C7H6FNO4/c8-4(7(12)13)3-9-5(10)1-2-6(9)11/h1-2,4H,3H2,(H,12,13). The Morgan fingerprint density at radius 2 is 1.92 bits per heavy atom. The number of carbonyl (C=O) groups is 3. The van der Waals surface area contributed by atoms with Gasteiger partial charge in [-0.05, 0) is 0 Å². The minimum absolute atomic E-state index is 0.540. The van der Waals surface area contributed by atoms with E-state index < -0.39 is 30.5 Å². The molecule has 0 aromatic carbocycles. The van der Waals surface area contributed by atoms with Crippen molar-refractivity contribution in [3.05, 3.63) is 12.2 Å². The number of amides is 2. The average Bonchev–Trinajstić information content (AvgIpc) is 2.35. The zero-order valence-corrected chi connectivity index (χ0v) is 6.44. The van der Waals surface area contributed by atoms with Crippen LogP contribution in [0, 0.1) is 0 Å². The van der Waals surface area contributed by atoms with Crippen molar-refractivity contribution in [3.63, 3.8) is 0 Å². The zero-order valence-electron chi connectivity index (χ0n) is 6.44. The van der Waals surface area contributed by atoms with Crippen molar-refractivity contribution in [3.8, 4) is 0 Å². The molecule has 2 amide bonds. The van der Waals surface area contributed by atoms with Gasteiger partial charge in [-0.1, -0.05) is 0 Å². The molecular formula is C7H6FNO4. The van der Waals surface area contributed by atoms with E-state index in [0.717, 1.165) is 12.2 Å².